The van der Waals surface area contributed by atoms with Gasteiger partial charge in [-0.05, 0) is 53.1 Å². The molecule has 4 heteroatoms. The molecule has 0 aliphatic carbocycles. The van der Waals surface area contributed by atoms with Crippen LogP contribution in [0.15, 0.2) is 60.7 Å². The molecule has 0 bridgehead atoms. The molecule has 3 aromatic carbocycles. The van der Waals surface area contributed by atoms with E-state index in [0.29, 0.717) is 6.54 Å². The van der Waals surface area contributed by atoms with E-state index in [1.807, 2.05) is 49.4 Å². The van der Waals surface area contributed by atoms with E-state index in [1.165, 1.54) is 12.1 Å². The van der Waals surface area contributed by atoms with Crippen LogP contribution in [0.3, 0.4) is 0 Å². The maximum Gasteiger partial charge on any atom is 0.229 e. The highest BCUT2D eigenvalue weighted by Gasteiger charge is 2.20. The summed E-state index contributed by atoms with van der Waals surface area (Å²) < 4.78 is 18.6. The predicted molar refractivity (Wildman–Crippen MR) is 102 cm³/mol. The van der Waals surface area contributed by atoms with Crippen molar-refractivity contribution in [2.75, 3.05) is 14.2 Å². The lowest BCUT2D eigenvalue weighted by molar-refractivity contribution is -0.131. The Morgan fingerprint density at radius 2 is 1.81 bits per heavy atom. The number of carbonyl (C=O) groups is 1. The lowest BCUT2D eigenvalue weighted by atomic mass is 9.96. The van der Waals surface area contributed by atoms with Crippen LogP contribution in [-0.2, 0) is 11.3 Å². The molecule has 0 spiro atoms. The summed E-state index contributed by atoms with van der Waals surface area (Å²) in [6.45, 7) is 2.28. The van der Waals surface area contributed by atoms with Gasteiger partial charge in [0.15, 0.2) is 0 Å². The van der Waals surface area contributed by atoms with Crippen molar-refractivity contribution < 1.29 is 13.9 Å². The third-order valence-electron chi connectivity index (χ3n) is 4.63. The van der Waals surface area contributed by atoms with Crippen molar-refractivity contribution in [3.63, 3.8) is 0 Å². The third-order valence-corrected chi connectivity index (χ3v) is 4.63. The SMILES string of the molecule is COc1ccc2cc([C@@H](C)C(=O)N(C)Cc3cccc(F)c3)ccc2c1. The summed E-state index contributed by atoms with van der Waals surface area (Å²) in [5.41, 5.74) is 1.73. The normalized spacial score (nSPS) is 12.0. The molecule has 0 heterocycles. The number of hydrogen-bond acceptors (Lipinski definition) is 2. The molecule has 0 unspecified atom stereocenters. The molecule has 0 saturated carbocycles. The van der Waals surface area contributed by atoms with Gasteiger partial charge in [-0.3, -0.25) is 4.79 Å². The van der Waals surface area contributed by atoms with Crippen molar-refractivity contribution in [3.05, 3.63) is 77.6 Å². The van der Waals surface area contributed by atoms with Gasteiger partial charge in [0.1, 0.15) is 11.6 Å². The van der Waals surface area contributed by atoms with Crippen LogP contribution in [0.25, 0.3) is 10.8 Å². The number of benzene rings is 3. The van der Waals surface area contributed by atoms with Gasteiger partial charge in [0.25, 0.3) is 0 Å². The summed E-state index contributed by atoms with van der Waals surface area (Å²) in [6.07, 6.45) is 0. The van der Waals surface area contributed by atoms with Gasteiger partial charge in [-0.2, -0.15) is 0 Å². The highest BCUT2D eigenvalue weighted by molar-refractivity contribution is 5.88. The Morgan fingerprint density at radius 3 is 2.54 bits per heavy atom. The van der Waals surface area contributed by atoms with Gasteiger partial charge in [-0.1, -0.05) is 36.4 Å². The highest BCUT2D eigenvalue weighted by Crippen LogP contribution is 2.26. The molecule has 3 aromatic rings. The first-order valence-electron chi connectivity index (χ1n) is 8.55. The standard InChI is InChI=1S/C22H22FNO2/c1-15(22(25)24(2)14-16-5-4-6-20(23)11-16)17-7-8-19-13-21(26-3)10-9-18(19)12-17/h4-13,15H,14H2,1-3H3/t15-/m1/s1. The summed E-state index contributed by atoms with van der Waals surface area (Å²) in [5, 5.41) is 2.14. The predicted octanol–water partition coefficient (Wildman–Crippen LogP) is 4.75. The van der Waals surface area contributed by atoms with Crippen molar-refractivity contribution in [3.8, 4) is 5.75 Å². The first-order valence-corrected chi connectivity index (χ1v) is 8.55. The van der Waals surface area contributed by atoms with Crippen molar-refractivity contribution in [1.29, 1.82) is 0 Å². The van der Waals surface area contributed by atoms with Crippen LogP contribution in [-0.4, -0.2) is 25.0 Å². The number of methoxy groups -OCH3 is 1. The van der Waals surface area contributed by atoms with Crippen molar-refractivity contribution >= 4 is 16.7 Å². The third kappa shape index (κ3) is 3.85. The zero-order valence-electron chi connectivity index (χ0n) is 15.2. The minimum absolute atomic E-state index is 0.00197. The molecule has 3 rings (SSSR count). The molecular weight excluding hydrogens is 329 g/mol. The number of nitrogens with zero attached hydrogens (tertiary/aromatic N) is 1. The number of amides is 1. The summed E-state index contributed by atoms with van der Waals surface area (Å²) in [6, 6.07) is 18.2. The van der Waals surface area contributed by atoms with E-state index in [-0.39, 0.29) is 17.6 Å². The molecule has 0 N–H and O–H groups in total. The average Bonchev–Trinajstić information content (AvgIpc) is 2.65. The molecule has 134 valence electrons. The fourth-order valence-corrected chi connectivity index (χ4v) is 3.10. The molecule has 0 fully saturated rings. The van der Waals surface area contributed by atoms with Crippen LogP contribution in [0.4, 0.5) is 4.39 Å². The van der Waals surface area contributed by atoms with E-state index >= 15 is 0 Å². The lowest BCUT2D eigenvalue weighted by Gasteiger charge is -2.22. The van der Waals surface area contributed by atoms with Gasteiger partial charge in [0.05, 0.1) is 13.0 Å². The van der Waals surface area contributed by atoms with Gasteiger partial charge in [-0.25, -0.2) is 4.39 Å². The lowest BCUT2D eigenvalue weighted by Crippen LogP contribution is -2.30. The van der Waals surface area contributed by atoms with E-state index < -0.39 is 0 Å². The topological polar surface area (TPSA) is 29.5 Å². The zero-order chi connectivity index (χ0) is 18.7. The van der Waals surface area contributed by atoms with Crippen LogP contribution in [0.1, 0.15) is 24.0 Å². The van der Waals surface area contributed by atoms with Crippen molar-refractivity contribution in [2.24, 2.45) is 0 Å². The quantitative estimate of drug-likeness (QED) is 0.664. The van der Waals surface area contributed by atoms with E-state index in [9.17, 15) is 9.18 Å². The van der Waals surface area contributed by atoms with Crippen LogP contribution in [0, 0.1) is 5.82 Å². The van der Waals surface area contributed by atoms with E-state index in [2.05, 4.69) is 0 Å². The number of fused-ring (bicyclic) bond motifs is 1. The number of ether oxygens (including phenoxy) is 1. The second kappa shape index (κ2) is 7.56. The van der Waals surface area contributed by atoms with E-state index in [1.54, 1.807) is 25.1 Å². The first-order chi connectivity index (χ1) is 12.5. The van der Waals surface area contributed by atoms with Gasteiger partial charge in [0, 0.05) is 13.6 Å². The van der Waals surface area contributed by atoms with Crippen molar-refractivity contribution in [1.82, 2.24) is 4.90 Å². The highest BCUT2D eigenvalue weighted by atomic mass is 19.1. The Balaban J connectivity index is 1.77. The number of hydrogen-bond donors (Lipinski definition) is 0. The monoisotopic (exact) mass is 351 g/mol. The number of rotatable bonds is 5. The Labute approximate surface area is 153 Å². The van der Waals surface area contributed by atoms with Gasteiger partial charge in [0.2, 0.25) is 5.91 Å². The van der Waals surface area contributed by atoms with Gasteiger partial charge >= 0.3 is 0 Å². The maximum atomic E-state index is 13.3. The summed E-state index contributed by atoms with van der Waals surface area (Å²) in [4.78, 5) is 14.4. The summed E-state index contributed by atoms with van der Waals surface area (Å²) in [5.74, 6) is 0.243. The second-order valence-electron chi connectivity index (χ2n) is 6.52. The second-order valence-corrected chi connectivity index (χ2v) is 6.52. The van der Waals surface area contributed by atoms with Crippen LogP contribution in [0.5, 0.6) is 5.75 Å². The fraction of sp³-hybridized carbons (Fsp3) is 0.227. The van der Waals surface area contributed by atoms with E-state index in [4.69, 9.17) is 4.74 Å². The van der Waals surface area contributed by atoms with Crippen LogP contribution in [0.2, 0.25) is 0 Å². The molecule has 1 atom stereocenters. The van der Waals surface area contributed by atoms with Gasteiger partial charge in [-0.15, -0.1) is 0 Å². The molecule has 0 saturated heterocycles. The summed E-state index contributed by atoms with van der Waals surface area (Å²) >= 11 is 0. The Morgan fingerprint density at radius 1 is 1.08 bits per heavy atom. The largest absolute Gasteiger partial charge is 0.497 e. The fourth-order valence-electron chi connectivity index (χ4n) is 3.10. The zero-order valence-corrected chi connectivity index (χ0v) is 15.2. The number of carbonyl (C=O) groups excluding carboxylic acids is 1. The van der Waals surface area contributed by atoms with Crippen LogP contribution < -0.4 is 4.74 Å². The van der Waals surface area contributed by atoms with Gasteiger partial charge < -0.3 is 9.64 Å². The minimum Gasteiger partial charge on any atom is -0.497 e. The molecule has 26 heavy (non-hydrogen) atoms. The molecule has 0 aliphatic rings. The molecule has 0 radical (unpaired) electrons. The molecule has 1 amide bonds. The minimum atomic E-state index is -0.290. The first kappa shape index (κ1) is 17.9. The van der Waals surface area contributed by atoms with Crippen LogP contribution >= 0.6 is 0 Å². The Bertz CT molecular complexity index is 938. The average molecular weight is 351 g/mol. The van der Waals surface area contributed by atoms with Crippen molar-refractivity contribution in [2.45, 2.75) is 19.4 Å². The molecular formula is C22H22FNO2. The maximum absolute atomic E-state index is 13.3. The Kier molecular flexibility index (Phi) is 5.21. The Hall–Kier alpha value is -2.88. The molecule has 0 aromatic heterocycles. The number of halogens is 1. The molecule has 0 aliphatic heterocycles. The van der Waals surface area contributed by atoms with E-state index in [0.717, 1.165) is 27.6 Å². The number of likely N-dealkylation sites (N-methyl/N-ethyl adjacent to an activating group) is 1. The smallest absolute Gasteiger partial charge is 0.229 e. The molecule has 3 nitrogen and oxygen atoms in total. The summed E-state index contributed by atoms with van der Waals surface area (Å²) in [7, 11) is 3.39.